The molecule has 134 valence electrons. The van der Waals surface area contributed by atoms with E-state index in [9.17, 15) is 0 Å². The molecule has 2 atom stereocenters. The van der Waals surface area contributed by atoms with Crippen molar-refractivity contribution >= 4 is 17.3 Å². The zero-order chi connectivity index (χ0) is 17.5. The first kappa shape index (κ1) is 17.9. The fourth-order valence-electron chi connectivity index (χ4n) is 3.50. The topological polar surface area (TPSA) is 66.5 Å². The zero-order valence-electron chi connectivity index (χ0n) is 14.8. The van der Waals surface area contributed by atoms with E-state index in [-0.39, 0.29) is 0 Å². The van der Waals surface area contributed by atoms with Gasteiger partial charge in [-0.1, -0.05) is 12.1 Å². The maximum absolute atomic E-state index is 6.06. The number of hydrogen-bond acceptors (Lipinski definition) is 4. The Labute approximate surface area is 154 Å². The van der Waals surface area contributed by atoms with E-state index in [1.165, 1.54) is 17.7 Å². The first-order valence-corrected chi connectivity index (χ1v) is 9.79. The van der Waals surface area contributed by atoms with Gasteiger partial charge in [-0.25, -0.2) is 0 Å². The number of aromatic nitrogens is 1. The number of guanidine groups is 1. The van der Waals surface area contributed by atoms with Crippen molar-refractivity contribution in [1.82, 2.24) is 15.2 Å². The number of nitrogens with one attached hydrogen (secondary N) is 1. The first-order valence-electron chi connectivity index (χ1n) is 8.91. The highest BCUT2D eigenvalue weighted by molar-refractivity contribution is 7.10. The van der Waals surface area contributed by atoms with Crippen molar-refractivity contribution in [3.05, 3.63) is 52.5 Å². The van der Waals surface area contributed by atoms with Crippen LogP contribution in [-0.4, -0.2) is 42.5 Å². The molecule has 0 amide bonds. The van der Waals surface area contributed by atoms with E-state index in [0.717, 1.165) is 31.7 Å². The van der Waals surface area contributed by atoms with E-state index in [1.807, 2.05) is 35.7 Å². The standard InChI is InChI=1S/C19H27N5S/c1-24-12-4-6-15(18(24)17-8-5-13-25-17)14-23-19(20)22-11-9-16-7-2-3-10-21-16/h2-3,5,7-8,10,13,15,18H,4,6,9,11-12,14H2,1H3,(H3,20,22,23). The zero-order valence-corrected chi connectivity index (χ0v) is 15.6. The molecule has 0 saturated carbocycles. The summed E-state index contributed by atoms with van der Waals surface area (Å²) < 4.78 is 0. The molecule has 3 N–H and O–H groups in total. The predicted molar refractivity (Wildman–Crippen MR) is 105 cm³/mol. The van der Waals surface area contributed by atoms with Crippen LogP contribution in [0.5, 0.6) is 0 Å². The fourth-order valence-corrected chi connectivity index (χ4v) is 4.48. The van der Waals surface area contributed by atoms with Gasteiger partial charge in [0.15, 0.2) is 5.96 Å². The van der Waals surface area contributed by atoms with Gasteiger partial charge in [-0.3, -0.25) is 14.9 Å². The number of nitrogens with two attached hydrogens (primary N) is 1. The summed E-state index contributed by atoms with van der Waals surface area (Å²) in [5.74, 6) is 1.06. The van der Waals surface area contributed by atoms with E-state index in [1.54, 1.807) is 0 Å². The van der Waals surface area contributed by atoms with Crippen molar-refractivity contribution in [2.75, 3.05) is 26.7 Å². The third kappa shape index (κ3) is 5.03. The number of pyridine rings is 1. The van der Waals surface area contributed by atoms with Gasteiger partial charge in [-0.15, -0.1) is 11.3 Å². The summed E-state index contributed by atoms with van der Waals surface area (Å²) in [6, 6.07) is 10.8. The number of aliphatic imine (C=N–C) groups is 1. The summed E-state index contributed by atoms with van der Waals surface area (Å²) in [4.78, 5) is 12.8. The van der Waals surface area contributed by atoms with Crippen LogP contribution in [0.3, 0.4) is 0 Å². The second kappa shape index (κ2) is 8.97. The van der Waals surface area contributed by atoms with Gasteiger partial charge in [0.05, 0.1) is 0 Å². The van der Waals surface area contributed by atoms with Crippen LogP contribution in [0, 0.1) is 5.92 Å². The number of hydrogen-bond donors (Lipinski definition) is 2. The lowest BCUT2D eigenvalue weighted by Crippen LogP contribution is -2.38. The Morgan fingerprint density at radius 1 is 1.40 bits per heavy atom. The number of rotatable bonds is 6. The van der Waals surface area contributed by atoms with Crippen molar-refractivity contribution in [1.29, 1.82) is 0 Å². The maximum Gasteiger partial charge on any atom is 0.188 e. The average molecular weight is 358 g/mol. The van der Waals surface area contributed by atoms with E-state index in [0.29, 0.717) is 17.9 Å². The Hall–Kier alpha value is -1.92. The van der Waals surface area contributed by atoms with Crippen LogP contribution in [0.25, 0.3) is 0 Å². The van der Waals surface area contributed by atoms with E-state index in [2.05, 4.69) is 44.8 Å². The minimum Gasteiger partial charge on any atom is -0.370 e. The second-order valence-electron chi connectivity index (χ2n) is 6.57. The Balaban J connectivity index is 1.52. The Morgan fingerprint density at radius 3 is 3.08 bits per heavy atom. The van der Waals surface area contributed by atoms with E-state index >= 15 is 0 Å². The van der Waals surface area contributed by atoms with Gasteiger partial charge >= 0.3 is 0 Å². The van der Waals surface area contributed by atoms with Gasteiger partial charge in [0.1, 0.15) is 0 Å². The molecule has 1 saturated heterocycles. The van der Waals surface area contributed by atoms with Crippen molar-refractivity contribution in [2.45, 2.75) is 25.3 Å². The molecule has 2 unspecified atom stereocenters. The fraction of sp³-hybridized carbons (Fsp3) is 0.474. The van der Waals surface area contributed by atoms with Gasteiger partial charge in [-0.2, -0.15) is 0 Å². The molecule has 0 aliphatic carbocycles. The highest BCUT2D eigenvalue weighted by Crippen LogP contribution is 2.37. The maximum atomic E-state index is 6.06. The van der Waals surface area contributed by atoms with Gasteiger partial charge < -0.3 is 11.1 Å². The molecule has 3 rings (SSSR count). The van der Waals surface area contributed by atoms with Crippen molar-refractivity contribution < 1.29 is 0 Å². The van der Waals surface area contributed by atoms with Crippen LogP contribution in [0.2, 0.25) is 0 Å². The van der Waals surface area contributed by atoms with Crippen LogP contribution >= 0.6 is 11.3 Å². The van der Waals surface area contributed by atoms with Crippen molar-refractivity contribution in [3.8, 4) is 0 Å². The normalized spacial score (nSPS) is 22.0. The molecule has 5 nitrogen and oxygen atoms in total. The summed E-state index contributed by atoms with van der Waals surface area (Å²) in [7, 11) is 2.22. The summed E-state index contributed by atoms with van der Waals surface area (Å²) in [5, 5.41) is 5.37. The highest BCUT2D eigenvalue weighted by Gasteiger charge is 2.30. The van der Waals surface area contributed by atoms with Crippen molar-refractivity contribution in [3.63, 3.8) is 0 Å². The molecule has 1 aliphatic heterocycles. The molecule has 2 aromatic rings. The first-order chi connectivity index (χ1) is 12.2. The lowest BCUT2D eigenvalue weighted by atomic mass is 9.88. The van der Waals surface area contributed by atoms with E-state index < -0.39 is 0 Å². The molecule has 2 aromatic heterocycles. The molecule has 3 heterocycles. The molecular weight excluding hydrogens is 330 g/mol. The summed E-state index contributed by atoms with van der Waals surface area (Å²) in [6.45, 7) is 2.68. The molecule has 0 aromatic carbocycles. The molecular formula is C19H27N5S. The predicted octanol–water partition coefficient (Wildman–Crippen LogP) is 2.67. The number of nitrogens with zero attached hydrogens (tertiary/aromatic N) is 3. The average Bonchev–Trinajstić information content (AvgIpc) is 3.15. The second-order valence-corrected chi connectivity index (χ2v) is 7.55. The third-order valence-corrected chi connectivity index (χ3v) is 5.69. The lowest BCUT2D eigenvalue weighted by molar-refractivity contribution is 0.128. The smallest absolute Gasteiger partial charge is 0.188 e. The van der Waals surface area contributed by atoms with Crippen LogP contribution in [0.15, 0.2) is 46.9 Å². The quantitative estimate of drug-likeness (QED) is 0.616. The Kier molecular flexibility index (Phi) is 6.42. The number of piperidine rings is 1. The van der Waals surface area contributed by atoms with Crippen LogP contribution in [-0.2, 0) is 6.42 Å². The Bertz CT molecular complexity index is 656. The monoisotopic (exact) mass is 357 g/mol. The summed E-state index contributed by atoms with van der Waals surface area (Å²) in [6.07, 6.45) is 5.10. The minimum atomic E-state index is 0.457. The molecule has 1 aliphatic rings. The summed E-state index contributed by atoms with van der Waals surface area (Å²) >= 11 is 1.84. The largest absolute Gasteiger partial charge is 0.370 e. The Morgan fingerprint density at radius 2 is 2.32 bits per heavy atom. The molecule has 25 heavy (non-hydrogen) atoms. The van der Waals surface area contributed by atoms with Gasteiger partial charge in [0.2, 0.25) is 0 Å². The summed E-state index contributed by atoms with van der Waals surface area (Å²) in [5.41, 5.74) is 7.13. The lowest BCUT2D eigenvalue weighted by Gasteiger charge is -2.38. The third-order valence-electron chi connectivity index (χ3n) is 4.75. The molecule has 1 fully saturated rings. The number of thiophene rings is 1. The number of likely N-dealkylation sites (tertiary alicyclic amines) is 1. The van der Waals surface area contributed by atoms with Gasteiger partial charge in [-0.05, 0) is 55.9 Å². The van der Waals surface area contributed by atoms with Crippen LogP contribution < -0.4 is 11.1 Å². The molecule has 0 spiro atoms. The van der Waals surface area contributed by atoms with E-state index in [4.69, 9.17) is 5.73 Å². The molecule has 0 radical (unpaired) electrons. The highest BCUT2D eigenvalue weighted by atomic mass is 32.1. The molecule has 0 bridgehead atoms. The van der Waals surface area contributed by atoms with Crippen molar-refractivity contribution in [2.24, 2.45) is 16.6 Å². The van der Waals surface area contributed by atoms with Crippen LogP contribution in [0.4, 0.5) is 0 Å². The SMILES string of the molecule is CN1CCCC(CN=C(N)NCCc2ccccn2)C1c1cccs1. The van der Waals surface area contributed by atoms with Gasteiger partial charge in [0, 0.05) is 42.3 Å². The minimum absolute atomic E-state index is 0.457. The molecule has 6 heteroatoms. The van der Waals surface area contributed by atoms with Crippen LogP contribution in [0.1, 0.15) is 29.5 Å². The van der Waals surface area contributed by atoms with Gasteiger partial charge in [0.25, 0.3) is 0 Å².